The first-order chi connectivity index (χ1) is 13.7. The zero-order valence-electron chi connectivity index (χ0n) is 16.8. The molecule has 0 aliphatic rings. The minimum absolute atomic E-state index is 0.0540. The number of carboxylic acid groups (broad SMARTS) is 1. The van der Waals surface area contributed by atoms with Crippen LogP contribution in [0.25, 0.3) is 10.2 Å². The van der Waals surface area contributed by atoms with E-state index in [1.165, 1.54) is 9.95 Å². The maximum Gasteiger partial charge on any atom is 0.337 e. The molecule has 1 N–H and O–H groups in total. The van der Waals surface area contributed by atoms with E-state index in [0.717, 1.165) is 22.6 Å². The van der Waals surface area contributed by atoms with Gasteiger partial charge in [0.1, 0.15) is 17.2 Å². The Morgan fingerprint density at radius 1 is 1.31 bits per heavy atom. The minimum atomic E-state index is -1.18. The van der Waals surface area contributed by atoms with E-state index >= 15 is 0 Å². The van der Waals surface area contributed by atoms with Crippen LogP contribution in [0, 0.1) is 6.92 Å². The molecule has 29 heavy (non-hydrogen) atoms. The fourth-order valence-corrected chi connectivity index (χ4v) is 4.22. The molecule has 0 aliphatic carbocycles. The lowest BCUT2D eigenvalue weighted by Gasteiger charge is -2.23. The molecular weight excluding hydrogens is 390 g/mol. The van der Waals surface area contributed by atoms with Gasteiger partial charge >= 0.3 is 5.97 Å². The third kappa shape index (κ3) is 3.93. The molecule has 152 valence electrons. The molecule has 0 atom stereocenters. The first-order valence-corrected chi connectivity index (χ1v) is 10.2. The molecule has 0 unspecified atom stereocenters. The van der Waals surface area contributed by atoms with Crippen molar-refractivity contribution in [3.8, 4) is 0 Å². The van der Waals surface area contributed by atoms with Gasteiger partial charge in [-0.15, -0.1) is 11.3 Å². The highest BCUT2D eigenvalue weighted by Crippen LogP contribution is 2.24. The smallest absolute Gasteiger partial charge is 0.337 e. The molecule has 0 aliphatic heterocycles. The van der Waals surface area contributed by atoms with Crippen LogP contribution in [-0.4, -0.2) is 33.1 Å². The van der Waals surface area contributed by atoms with Gasteiger partial charge in [-0.2, -0.15) is 0 Å². The molecule has 1 amide bonds. The molecule has 3 rings (SSSR count). The molecule has 7 nitrogen and oxygen atoms in total. The minimum Gasteiger partial charge on any atom is -0.478 e. The van der Waals surface area contributed by atoms with Gasteiger partial charge in [-0.1, -0.05) is 26.0 Å². The number of carboxylic acids is 1. The summed E-state index contributed by atoms with van der Waals surface area (Å²) in [5, 5.41) is 10.9. The molecule has 0 radical (unpaired) electrons. The van der Waals surface area contributed by atoms with Crippen LogP contribution in [0.1, 0.15) is 48.4 Å². The van der Waals surface area contributed by atoms with Crippen LogP contribution in [0.2, 0.25) is 0 Å². The summed E-state index contributed by atoms with van der Waals surface area (Å²) in [7, 11) is 0. The van der Waals surface area contributed by atoms with Crippen molar-refractivity contribution >= 4 is 39.1 Å². The number of hydrogen-bond acceptors (Lipinski definition) is 5. The van der Waals surface area contributed by atoms with E-state index in [1.54, 1.807) is 4.90 Å². The third-order valence-corrected chi connectivity index (χ3v) is 5.57. The van der Waals surface area contributed by atoms with Crippen LogP contribution < -0.4 is 10.5 Å². The Balaban J connectivity index is 2.10. The standard InChI is InChI=1S/C21H23N3O4S/c1-5-23(14-8-6-7-13(4)9-14)16(25)10-24-18(12(2)3)22-19-17(20(24)26)15(11-29-19)21(27)28/h6-9,11-12H,5,10H2,1-4H3,(H,27,28). The van der Waals surface area contributed by atoms with Gasteiger partial charge in [-0.25, -0.2) is 9.78 Å². The summed E-state index contributed by atoms with van der Waals surface area (Å²) in [6.45, 7) is 7.84. The van der Waals surface area contributed by atoms with Gasteiger partial charge in [-0.05, 0) is 31.5 Å². The molecule has 0 saturated carbocycles. The number of carbonyl (C=O) groups is 2. The van der Waals surface area contributed by atoms with Crippen LogP contribution >= 0.6 is 11.3 Å². The van der Waals surface area contributed by atoms with Gasteiger partial charge in [0, 0.05) is 23.5 Å². The Bertz CT molecular complexity index is 1150. The second-order valence-corrected chi connectivity index (χ2v) is 7.99. The maximum atomic E-state index is 13.2. The molecule has 0 spiro atoms. The zero-order valence-corrected chi connectivity index (χ0v) is 17.6. The largest absolute Gasteiger partial charge is 0.478 e. The number of fused-ring (bicyclic) bond motifs is 1. The van der Waals surface area contributed by atoms with E-state index < -0.39 is 11.5 Å². The summed E-state index contributed by atoms with van der Waals surface area (Å²) in [5.41, 5.74) is 1.21. The molecule has 2 aromatic heterocycles. The number of hydrogen-bond donors (Lipinski definition) is 1. The summed E-state index contributed by atoms with van der Waals surface area (Å²) < 4.78 is 1.31. The maximum absolute atomic E-state index is 13.2. The molecule has 2 heterocycles. The topological polar surface area (TPSA) is 92.5 Å². The zero-order chi connectivity index (χ0) is 21.3. The molecule has 3 aromatic rings. The number of rotatable bonds is 6. The van der Waals surface area contributed by atoms with E-state index in [-0.39, 0.29) is 29.3 Å². The van der Waals surface area contributed by atoms with Crippen LogP contribution in [0.3, 0.4) is 0 Å². The number of anilines is 1. The van der Waals surface area contributed by atoms with Crippen molar-refractivity contribution in [3.05, 3.63) is 57.0 Å². The van der Waals surface area contributed by atoms with Gasteiger partial charge < -0.3 is 10.0 Å². The number of aromatic nitrogens is 2. The van der Waals surface area contributed by atoms with Gasteiger partial charge in [0.2, 0.25) is 5.91 Å². The number of likely N-dealkylation sites (N-methyl/N-ethyl adjacent to an activating group) is 1. The summed E-state index contributed by atoms with van der Waals surface area (Å²) in [6, 6.07) is 7.59. The predicted octanol–water partition coefficient (Wildman–Crippen LogP) is 3.64. The molecular formula is C21H23N3O4S. The van der Waals surface area contributed by atoms with Crippen molar-refractivity contribution in [2.45, 2.75) is 40.2 Å². The van der Waals surface area contributed by atoms with Crippen LogP contribution in [0.4, 0.5) is 5.69 Å². The van der Waals surface area contributed by atoms with E-state index in [0.29, 0.717) is 17.2 Å². The molecule has 0 fully saturated rings. The molecule has 8 heteroatoms. The Kier molecular flexibility index (Phi) is 5.83. The first-order valence-electron chi connectivity index (χ1n) is 9.36. The average Bonchev–Trinajstić information content (AvgIpc) is 3.09. The number of thiophene rings is 1. The summed E-state index contributed by atoms with van der Waals surface area (Å²) >= 11 is 1.12. The lowest BCUT2D eigenvalue weighted by molar-refractivity contribution is -0.119. The van der Waals surface area contributed by atoms with Crippen molar-refractivity contribution in [3.63, 3.8) is 0 Å². The normalized spacial score (nSPS) is 11.2. The third-order valence-electron chi connectivity index (χ3n) is 4.69. The second-order valence-electron chi connectivity index (χ2n) is 7.13. The molecule has 0 bridgehead atoms. The Morgan fingerprint density at radius 3 is 2.62 bits per heavy atom. The number of aromatic carboxylic acids is 1. The van der Waals surface area contributed by atoms with Crippen LogP contribution in [-0.2, 0) is 11.3 Å². The highest BCUT2D eigenvalue weighted by Gasteiger charge is 2.23. The number of aryl methyl sites for hydroxylation is 1. The van der Waals surface area contributed by atoms with Crippen LogP contribution in [0.5, 0.6) is 0 Å². The van der Waals surface area contributed by atoms with Gasteiger partial charge in [0.15, 0.2) is 0 Å². The van der Waals surface area contributed by atoms with Crippen molar-refractivity contribution in [2.75, 3.05) is 11.4 Å². The Labute approximate surface area is 172 Å². The fourth-order valence-electron chi connectivity index (χ4n) is 3.31. The fraction of sp³-hybridized carbons (Fsp3) is 0.333. The lowest BCUT2D eigenvalue weighted by atomic mass is 10.1. The van der Waals surface area contributed by atoms with Crippen molar-refractivity contribution in [2.24, 2.45) is 0 Å². The number of benzene rings is 1. The predicted molar refractivity (Wildman–Crippen MR) is 114 cm³/mol. The van der Waals surface area contributed by atoms with Crippen molar-refractivity contribution < 1.29 is 14.7 Å². The monoisotopic (exact) mass is 413 g/mol. The second kappa shape index (κ2) is 8.16. The number of carbonyl (C=O) groups excluding carboxylic acids is 1. The Morgan fingerprint density at radius 2 is 2.03 bits per heavy atom. The highest BCUT2D eigenvalue weighted by molar-refractivity contribution is 7.17. The van der Waals surface area contributed by atoms with Gasteiger partial charge in [0.05, 0.1) is 10.9 Å². The lowest BCUT2D eigenvalue weighted by Crippen LogP contribution is -2.38. The van der Waals surface area contributed by atoms with E-state index in [1.807, 2.05) is 52.0 Å². The van der Waals surface area contributed by atoms with E-state index in [2.05, 4.69) is 4.98 Å². The van der Waals surface area contributed by atoms with E-state index in [9.17, 15) is 19.5 Å². The van der Waals surface area contributed by atoms with Crippen molar-refractivity contribution in [1.29, 1.82) is 0 Å². The molecule has 0 saturated heterocycles. The number of amides is 1. The Hall–Kier alpha value is -3.00. The van der Waals surface area contributed by atoms with Gasteiger partial charge in [0.25, 0.3) is 5.56 Å². The average molecular weight is 413 g/mol. The van der Waals surface area contributed by atoms with Crippen molar-refractivity contribution in [1.82, 2.24) is 9.55 Å². The summed E-state index contributed by atoms with van der Waals surface area (Å²) in [6.07, 6.45) is 0. The SMILES string of the molecule is CCN(C(=O)Cn1c(C(C)C)nc2scc(C(=O)O)c2c1=O)c1cccc(C)c1. The highest BCUT2D eigenvalue weighted by atomic mass is 32.1. The number of nitrogens with zero attached hydrogens (tertiary/aromatic N) is 3. The van der Waals surface area contributed by atoms with Gasteiger partial charge in [-0.3, -0.25) is 14.2 Å². The van der Waals surface area contributed by atoms with E-state index in [4.69, 9.17) is 0 Å². The quantitative estimate of drug-likeness (QED) is 0.666. The van der Waals surface area contributed by atoms with Crippen LogP contribution in [0.15, 0.2) is 34.4 Å². The molecule has 1 aromatic carbocycles. The summed E-state index contributed by atoms with van der Waals surface area (Å²) in [5.74, 6) is -1.07. The summed E-state index contributed by atoms with van der Waals surface area (Å²) in [4.78, 5) is 44.3. The first kappa shape index (κ1) is 20.7.